The van der Waals surface area contributed by atoms with Crippen molar-refractivity contribution in [3.63, 3.8) is 0 Å². The molecule has 0 unspecified atom stereocenters. The molecular weight excluding hydrogens is 226 g/mol. The summed E-state index contributed by atoms with van der Waals surface area (Å²) in [5.41, 5.74) is 1.86. The molecule has 1 heterocycles. The second-order valence-corrected chi connectivity index (χ2v) is 4.70. The first-order valence-corrected chi connectivity index (χ1v) is 5.91. The first kappa shape index (κ1) is 11.0. The largest absolute Gasteiger partial charge is 0.481 e. The van der Waals surface area contributed by atoms with Gasteiger partial charge < -0.3 is 10.4 Å². The van der Waals surface area contributed by atoms with E-state index in [9.17, 15) is 9.59 Å². The number of nitrogens with one attached hydrogen (secondary N) is 1. The van der Waals surface area contributed by atoms with Crippen LogP contribution in [-0.4, -0.2) is 22.7 Å². The quantitative estimate of drug-likeness (QED) is 0.783. The second kappa shape index (κ2) is 4.57. The van der Waals surface area contributed by atoms with Gasteiger partial charge in [-0.2, -0.15) is 0 Å². The summed E-state index contributed by atoms with van der Waals surface area (Å²) in [4.78, 5) is 22.5. The summed E-state index contributed by atoms with van der Waals surface area (Å²) in [5.74, 6) is -0.219. The number of anilines is 1. The second-order valence-electron chi connectivity index (χ2n) is 3.54. The Morgan fingerprint density at radius 2 is 2.31 bits per heavy atom. The molecule has 84 valence electrons. The molecule has 0 saturated carbocycles. The Morgan fingerprint density at radius 1 is 1.50 bits per heavy atom. The van der Waals surface area contributed by atoms with Crippen molar-refractivity contribution in [1.82, 2.24) is 0 Å². The van der Waals surface area contributed by atoms with Gasteiger partial charge in [0.05, 0.1) is 12.8 Å². The van der Waals surface area contributed by atoms with Crippen LogP contribution in [0.3, 0.4) is 0 Å². The van der Waals surface area contributed by atoms with Crippen LogP contribution in [0.2, 0.25) is 0 Å². The molecule has 0 radical (unpaired) electrons. The van der Waals surface area contributed by atoms with Crippen molar-refractivity contribution in [2.45, 2.75) is 17.7 Å². The third kappa shape index (κ3) is 2.55. The molecule has 1 aromatic rings. The standard InChI is InChI=1S/C11H11NO3S/c13-10-6-7-5-8(1-2-9(7)12-10)16-4-3-11(14)15/h1-2,5H,3-4,6H2,(H,12,13)(H,14,15). The average Bonchev–Trinajstić information content (AvgIpc) is 2.56. The number of carbonyl (C=O) groups excluding carboxylic acids is 1. The van der Waals surface area contributed by atoms with Gasteiger partial charge in [0.1, 0.15) is 0 Å². The molecule has 0 aliphatic carbocycles. The zero-order valence-electron chi connectivity index (χ0n) is 8.53. The fraction of sp³-hybridized carbons (Fsp3) is 0.273. The van der Waals surface area contributed by atoms with Gasteiger partial charge in [-0.3, -0.25) is 9.59 Å². The molecule has 1 aliphatic heterocycles. The summed E-state index contributed by atoms with van der Waals surface area (Å²) >= 11 is 1.50. The van der Waals surface area contributed by atoms with E-state index in [1.807, 2.05) is 18.2 Å². The molecule has 5 heteroatoms. The van der Waals surface area contributed by atoms with E-state index >= 15 is 0 Å². The molecule has 0 aromatic heterocycles. The normalized spacial score (nSPS) is 13.4. The van der Waals surface area contributed by atoms with Crippen LogP contribution in [0.4, 0.5) is 5.69 Å². The Balaban J connectivity index is 1.99. The van der Waals surface area contributed by atoms with Crippen molar-refractivity contribution >= 4 is 29.3 Å². The van der Waals surface area contributed by atoms with Crippen molar-refractivity contribution in [3.05, 3.63) is 23.8 Å². The van der Waals surface area contributed by atoms with Crippen molar-refractivity contribution in [3.8, 4) is 0 Å². The van der Waals surface area contributed by atoms with Crippen molar-refractivity contribution in [2.75, 3.05) is 11.1 Å². The lowest BCUT2D eigenvalue weighted by atomic mass is 10.2. The summed E-state index contributed by atoms with van der Waals surface area (Å²) < 4.78 is 0. The molecule has 0 spiro atoms. The van der Waals surface area contributed by atoms with Crippen LogP contribution < -0.4 is 5.32 Å². The molecular formula is C11H11NO3S. The van der Waals surface area contributed by atoms with Gasteiger partial charge in [0.15, 0.2) is 0 Å². The van der Waals surface area contributed by atoms with Gasteiger partial charge in [-0.25, -0.2) is 0 Å². The Morgan fingerprint density at radius 3 is 3.06 bits per heavy atom. The number of benzene rings is 1. The zero-order chi connectivity index (χ0) is 11.5. The number of hydrogen-bond acceptors (Lipinski definition) is 3. The van der Waals surface area contributed by atoms with Gasteiger partial charge in [-0.15, -0.1) is 11.8 Å². The van der Waals surface area contributed by atoms with Crippen LogP contribution in [0.15, 0.2) is 23.1 Å². The van der Waals surface area contributed by atoms with E-state index in [1.54, 1.807) is 0 Å². The molecule has 2 N–H and O–H groups in total. The maximum Gasteiger partial charge on any atom is 0.304 e. The van der Waals surface area contributed by atoms with Gasteiger partial charge >= 0.3 is 5.97 Å². The van der Waals surface area contributed by atoms with E-state index in [2.05, 4.69) is 5.32 Å². The zero-order valence-corrected chi connectivity index (χ0v) is 9.34. The minimum atomic E-state index is -0.787. The number of rotatable bonds is 4. The molecule has 4 nitrogen and oxygen atoms in total. The number of carboxylic acids is 1. The van der Waals surface area contributed by atoms with Crippen LogP contribution in [-0.2, 0) is 16.0 Å². The van der Waals surface area contributed by atoms with Crippen LogP contribution in [0, 0.1) is 0 Å². The summed E-state index contributed by atoms with van der Waals surface area (Å²) in [7, 11) is 0. The third-order valence-corrected chi connectivity index (χ3v) is 3.28. The third-order valence-electron chi connectivity index (χ3n) is 2.29. The number of thioether (sulfide) groups is 1. The molecule has 0 fully saturated rings. The molecule has 1 aliphatic rings. The van der Waals surface area contributed by atoms with Crippen molar-refractivity contribution in [2.24, 2.45) is 0 Å². The topological polar surface area (TPSA) is 66.4 Å². The number of aliphatic carboxylic acids is 1. The number of fused-ring (bicyclic) bond motifs is 1. The SMILES string of the molecule is O=C(O)CCSc1ccc2c(c1)CC(=O)N2. The molecule has 0 atom stereocenters. The Kier molecular flexibility index (Phi) is 3.14. The van der Waals surface area contributed by atoms with E-state index in [0.717, 1.165) is 16.1 Å². The van der Waals surface area contributed by atoms with Crippen LogP contribution in [0.1, 0.15) is 12.0 Å². The lowest BCUT2D eigenvalue weighted by Crippen LogP contribution is -2.03. The van der Waals surface area contributed by atoms with Crippen molar-refractivity contribution in [1.29, 1.82) is 0 Å². The van der Waals surface area contributed by atoms with E-state index in [1.165, 1.54) is 11.8 Å². The fourth-order valence-corrected chi connectivity index (χ4v) is 2.45. The van der Waals surface area contributed by atoms with Crippen molar-refractivity contribution < 1.29 is 14.7 Å². The molecule has 2 rings (SSSR count). The fourth-order valence-electron chi connectivity index (χ4n) is 1.55. The number of hydrogen-bond donors (Lipinski definition) is 2. The van der Waals surface area contributed by atoms with E-state index in [-0.39, 0.29) is 12.3 Å². The van der Waals surface area contributed by atoms with Gasteiger partial charge in [0, 0.05) is 16.3 Å². The van der Waals surface area contributed by atoms with E-state index < -0.39 is 5.97 Å². The Labute approximate surface area is 97.0 Å². The van der Waals surface area contributed by atoms with Crippen LogP contribution in [0.5, 0.6) is 0 Å². The summed E-state index contributed by atoms with van der Waals surface area (Å²) in [6, 6.07) is 5.71. The number of carbonyl (C=O) groups is 2. The van der Waals surface area contributed by atoms with Gasteiger partial charge in [-0.05, 0) is 23.8 Å². The average molecular weight is 237 g/mol. The first-order chi connectivity index (χ1) is 7.65. The molecule has 1 aromatic carbocycles. The number of carboxylic acid groups (broad SMARTS) is 1. The summed E-state index contributed by atoms with van der Waals surface area (Å²) in [5, 5.41) is 11.3. The highest BCUT2D eigenvalue weighted by Crippen LogP contribution is 2.28. The first-order valence-electron chi connectivity index (χ1n) is 4.92. The van der Waals surface area contributed by atoms with Crippen LogP contribution >= 0.6 is 11.8 Å². The van der Waals surface area contributed by atoms with Gasteiger partial charge in [0.2, 0.25) is 5.91 Å². The lowest BCUT2D eigenvalue weighted by molar-refractivity contribution is -0.136. The monoisotopic (exact) mass is 237 g/mol. The maximum atomic E-state index is 11.1. The lowest BCUT2D eigenvalue weighted by Gasteiger charge is -2.02. The molecule has 1 amide bonds. The Bertz CT molecular complexity index is 445. The highest BCUT2D eigenvalue weighted by atomic mass is 32.2. The maximum absolute atomic E-state index is 11.1. The highest BCUT2D eigenvalue weighted by Gasteiger charge is 2.17. The summed E-state index contributed by atoms with van der Waals surface area (Å²) in [6.07, 6.45) is 0.571. The highest BCUT2D eigenvalue weighted by molar-refractivity contribution is 7.99. The Hall–Kier alpha value is -1.49. The minimum Gasteiger partial charge on any atom is -0.481 e. The minimum absolute atomic E-state index is 0.0164. The molecule has 16 heavy (non-hydrogen) atoms. The van der Waals surface area contributed by atoms with Gasteiger partial charge in [-0.1, -0.05) is 0 Å². The summed E-state index contributed by atoms with van der Waals surface area (Å²) in [6.45, 7) is 0. The van der Waals surface area contributed by atoms with E-state index in [4.69, 9.17) is 5.11 Å². The predicted octanol–water partition coefficient (Wildman–Crippen LogP) is 1.75. The molecule has 0 saturated heterocycles. The number of amides is 1. The van der Waals surface area contributed by atoms with Crippen LogP contribution in [0.25, 0.3) is 0 Å². The van der Waals surface area contributed by atoms with E-state index in [0.29, 0.717) is 12.2 Å². The predicted molar refractivity (Wildman–Crippen MR) is 61.8 cm³/mol. The smallest absolute Gasteiger partial charge is 0.304 e. The molecule has 0 bridgehead atoms. The van der Waals surface area contributed by atoms with Gasteiger partial charge in [0.25, 0.3) is 0 Å².